The van der Waals surface area contributed by atoms with Gasteiger partial charge in [-0.2, -0.15) is 0 Å². The summed E-state index contributed by atoms with van der Waals surface area (Å²) >= 11 is 0. The minimum atomic E-state index is -1.74. The summed E-state index contributed by atoms with van der Waals surface area (Å²) in [6.07, 6.45) is -4.80. The van der Waals surface area contributed by atoms with Crippen molar-refractivity contribution in [2.45, 2.75) is 173 Å². The van der Waals surface area contributed by atoms with Gasteiger partial charge in [-0.15, -0.1) is 0 Å². The molecule has 4 saturated carbocycles. The lowest BCUT2D eigenvalue weighted by Gasteiger charge is -2.72. The van der Waals surface area contributed by atoms with Crippen molar-refractivity contribution in [3.05, 3.63) is 11.6 Å². The first kappa shape index (κ1) is 43.3. The lowest BCUT2D eigenvalue weighted by atomic mass is 9.33. The Bertz CT molecular complexity index is 1410. The van der Waals surface area contributed by atoms with Crippen molar-refractivity contribution in [2.75, 3.05) is 13.2 Å². The molecule has 0 unspecified atom stereocenters. The predicted octanol–water partition coefficient (Wildman–Crippen LogP) is 1.23. The number of aliphatic hydroxyl groups excluding tert-OH is 8. The van der Waals surface area contributed by atoms with Crippen LogP contribution in [-0.4, -0.2) is 132 Å². The summed E-state index contributed by atoms with van der Waals surface area (Å²) in [6, 6.07) is 0. The molecule has 0 amide bonds. The molecule has 6 rings (SSSR count). The molecule has 55 heavy (non-hydrogen) atoms. The maximum absolute atomic E-state index is 14.5. The van der Waals surface area contributed by atoms with Gasteiger partial charge in [0, 0.05) is 12.3 Å². The molecule has 0 aromatic rings. The molecular formula is C41H68O14. The Balaban J connectivity index is 1.34. The van der Waals surface area contributed by atoms with Gasteiger partial charge in [0.1, 0.15) is 24.4 Å². The lowest BCUT2D eigenvalue weighted by molar-refractivity contribution is -0.298. The highest BCUT2D eigenvalue weighted by molar-refractivity contribution is 5.79. The fourth-order valence-electron chi connectivity index (χ4n) is 13.4. The maximum atomic E-state index is 14.5. The van der Waals surface area contributed by atoms with Gasteiger partial charge < -0.3 is 65.3 Å². The third-order valence-electron chi connectivity index (χ3n) is 16.5. The first-order valence-electron chi connectivity index (χ1n) is 20.6. The Morgan fingerprint density at radius 1 is 0.873 bits per heavy atom. The molecule has 14 heteroatoms. The number of rotatable bonds is 11. The van der Waals surface area contributed by atoms with E-state index in [0.717, 1.165) is 18.4 Å². The molecule has 17 atom stereocenters. The van der Waals surface area contributed by atoms with E-state index in [9.17, 15) is 55.9 Å². The van der Waals surface area contributed by atoms with E-state index in [1.54, 1.807) is 0 Å². The molecule has 1 saturated heterocycles. The Hall–Kier alpha value is -1.27. The molecule has 0 aromatic heterocycles. The molecule has 0 spiro atoms. The van der Waals surface area contributed by atoms with E-state index in [-0.39, 0.29) is 48.0 Å². The zero-order chi connectivity index (χ0) is 40.5. The van der Waals surface area contributed by atoms with Crippen molar-refractivity contribution in [1.82, 2.24) is 0 Å². The quantitative estimate of drug-likeness (QED) is 0.0805. The first-order valence-corrected chi connectivity index (χ1v) is 20.6. The van der Waals surface area contributed by atoms with Crippen LogP contribution < -0.4 is 0 Å². The Morgan fingerprint density at radius 2 is 1.56 bits per heavy atom. The number of hydrogen-bond acceptors (Lipinski definition) is 14. The van der Waals surface area contributed by atoms with Gasteiger partial charge in [-0.1, -0.05) is 46.3 Å². The Labute approximate surface area is 324 Å². The van der Waals surface area contributed by atoms with E-state index in [4.69, 9.17) is 14.2 Å². The summed E-state index contributed by atoms with van der Waals surface area (Å²) in [5.74, 6) is -1.12. The molecular weight excluding hydrogens is 716 g/mol. The van der Waals surface area contributed by atoms with Crippen molar-refractivity contribution >= 4 is 5.97 Å². The fourth-order valence-corrected chi connectivity index (χ4v) is 13.4. The third-order valence-corrected chi connectivity index (χ3v) is 16.5. The van der Waals surface area contributed by atoms with Crippen LogP contribution >= 0.6 is 0 Å². The van der Waals surface area contributed by atoms with Gasteiger partial charge in [-0.05, 0) is 110 Å². The topological polar surface area (TPSA) is 247 Å². The monoisotopic (exact) mass is 784 g/mol. The van der Waals surface area contributed by atoms with Crippen LogP contribution in [0.3, 0.4) is 0 Å². The smallest absolute Gasteiger partial charge is 0.315 e. The number of hydrogen-bond donors (Lipinski definition) is 10. The van der Waals surface area contributed by atoms with Crippen molar-refractivity contribution < 1.29 is 70.1 Å². The summed E-state index contributed by atoms with van der Waals surface area (Å²) in [6.45, 7) is 10.4. The van der Waals surface area contributed by atoms with Crippen LogP contribution in [0.1, 0.15) is 112 Å². The van der Waals surface area contributed by atoms with Gasteiger partial charge in [-0.3, -0.25) is 4.79 Å². The normalized spacial score (nSPS) is 49.7. The molecule has 0 radical (unpaired) electrons. The zero-order valence-electron chi connectivity index (χ0n) is 33.2. The largest absolute Gasteiger partial charge is 0.432 e. The van der Waals surface area contributed by atoms with Gasteiger partial charge in [0.2, 0.25) is 6.29 Å². The summed E-state index contributed by atoms with van der Waals surface area (Å²) in [4.78, 5) is 14.5. The van der Waals surface area contributed by atoms with Crippen LogP contribution in [0.4, 0.5) is 0 Å². The van der Waals surface area contributed by atoms with Crippen molar-refractivity contribution in [2.24, 2.45) is 50.7 Å². The number of aliphatic hydroxyl groups is 10. The van der Waals surface area contributed by atoms with Crippen LogP contribution in [0.25, 0.3) is 0 Å². The van der Waals surface area contributed by atoms with Crippen LogP contribution in [0.15, 0.2) is 11.6 Å². The predicted molar refractivity (Wildman–Crippen MR) is 196 cm³/mol. The highest BCUT2D eigenvalue weighted by Crippen LogP contribution is 2.76. The summed E-state index contributed by atoms with van der Waals surface area (Å²) in [5, 5.41) is 104. The van der Waals surface area contributed by atoms with Gasteiger partial charge in [0.25, 0.3) is 0 Å². The second-order valence-corrected chi connectivity index (χ2v) is 19.2. The minimum absolute atomic E-state index is 0.00635. The van der Waals surface area contributed by atoms with E-state index in [1.165, 1.54) is 0 Å². The fraction of sp³-hybridized carbons (Fsp3) is 0.927. The molecule has 0 bridgehead atoms. The molecule has 1 aliphatic heterocycles. The average molecular weight is 785 g/mol. The summed E-state index contributed by atoms with van der Waals surface area (Å²) in [5.41, 5.74) is -1.76. The van der Waals surface area contributed by atoms with Gasteiger partial charge >= 0.3 is 5.97 Å². The molecule has 1 heterocycles. The Kier molecular flexibility index (Phi) is 12.4. The molecule has 6 aliphatic rings. The van der Waals surface area contributed by atoms with Gasteiger partial charge in [-0.25, -0.2) is 0 Å². The average Bonchev–Trinajstić information content (AvgIpc) is 3.11. The molecule has 5 fully saturated rings. The van der Waals surface area contributed by atoms with Crippen LogP contribution in [-0.2, 0) is 19.0 Å². The van der Waals surface area contributed by atoms with Crippen LogP contribution in [0, 0.1) is 50.7 Å². The standard InChI is InChI=1S/C41H68O14/c1-21-10-15-41(36(52)55-35-33(51)32(50)31(49)24(20-42)54-35)17-16-39(4)22(29(41)30(21)48)8-9-26-38(3)19-23(43)34(53-18-12-28(46)47)37(2,13-6-7-27(44)45)25(38)11-14-40(26,39)5/h8,21,23-35,42-51H,6-7,9-20H2,1-5H3/t21-,23-,24-,25+,26-,29-,30-,31-,32+,33-,34+,35+,37+,38+,39-,40-,41+/m1/s1. The summed E-state index contributed by atoms with van der Waals surface area (Å²) in [7, 11) is 0. The third kappa shape index (κ3) is 6.95. The van der Waals surface area contributed by atoms with Crippen molar-refractivity contribution in [3.63, 3.8) is 0 Å². The molecule has 0 aromatic carbocycles. The summed E-state index contributed by atoms with van der Waals surface area (Å²) < 4.78 is 17.8. The van der Waals surface area contributed by atoms with E-state index in [1.807, 2.05) is 6.92 Å². The van der Waals surface area contributed by atoms with E-state index >= 15 is 0 Å². The van der Waals surface area contributed by atoms with Crippen LogP contribution in [0.2, 0.25) is 0 Å². The van der Waals surface area contributed by atoms with E-state index in [2.05, 4.69) is 33.8 Å². The highest BCUT2D eigenvalue weighted by atomic mass is 16.7. The molecule has 14 nitrogen and oxygen atoms in total. The van der Waals surface area contributed by atoms with Gasteiger partial charge in [0.05, 0.1) is 36.9 Å². The second kappa shape index (κ2) is 15.7. The molecule has 10 N–H and O–H groups in total. The number of allylic oxidation sites excluding steroid dienone is 1. The van der Waals surface area contributed by atoms with E-state index < -0.39 is 96.3 Å². The molecule has 316 valence electrons. The first-order chi connectivity index (χ1) is 25.7. The minimum Gasteiger partial charge on any atom is -0.432 e. The number of esters is 1. The van der Waals surface area contributed by atoms with Crippen LogP contribution in [0.5, 0.6) is 0 Å². The second-order valence-electron chi connectivity index (χ2n) is 19.2. The zero-order valence-corrected chi connectivity index (χ0v) is 33.2. The van der Waals surface area contributed by atoms with E-state index in [0.29, 0.717) is 51.4 Å². The highest BCUT2D eigenvalue weighted by Gasteiger charge is 2.71. The Morgan fingerprint density at radius 3 is 2.22 bits per heavy atom. The lowest BCUT2D eigenvalue weighted by Crippen LogP contribution is -2.68. The van der Waals surface area contributed by atoms with Crippen molar-refractivity contribution in [3.8, 4) is 0 Å². The van der Waals surface area contributed by atoms with Gasteiger partial charge in [0.15, 0.2) is 12.6 Å². The number of carbonyl (C=O) groups is 1. The van der Waals surface area contributed by atoms with Crippen molar-refractivity contribution in [1.29, 1.82) is 0 Å². The maximum Gasteiger partial charge on any atom is 0.315 e. The SMILES string of the molecule is C[C@@H]1CC[C@]2(C(=O)O[C@@H]3O[C@H](CO)[C@@H](O)[C@H](O)[C@H]3O)CC[C@]3(C)C(=CC[C@@H]4[C@@]5(C)C[C@@H](O)[C@H](OCCC(O)O)[C@@](C)(CCCC(O)O)[C@@H]5CC[C@]43C)[C@@H]2[C@@H]1O. The molecule has 5 aliphatic carbocycles. The number of fused-ring (bicyclic) bond motifs is 7. The number of carbonyl (C=O) groups excluding carboxylic acids is 1. The number of ether oxygens (including phenoxy) is 3.